The van der Waals surface area contributed by atoms with Crippen molar-refractivity contribution in [3.63, 3.8) is 0 Å². The van der Waals surface area contributed by atoms with Crippen molar-refractivity contribution in [1.29, 1.82) is 5.26 Å². The Kier molecular flexibility index (Phi) is 4.44. The van der Waals surface area contributed by atoms with Gasteiger partial charge in [-0.1, -0.05) is 24.3 Å². The molecule has 8 heteroatoms. The topological polar surface area (TPSA) is 96.6 Å². The van der Waals surface area contributed by atoms with Crippen molar-refractivity contribution in [3.05, 3.63) is 69.7 Å². The lowest BCUT2D eigenvalue weighted by atomic mass is 9.98. The first kappa shape index (κ1) is 17.0. The maximum atomic E-state index is 11.5. The number of thiazole rings is 1. The van der Waals surface area contributed by atoms with Gasteiger partial charge in [-0.05, 0) is 35.9 Å². The molecule has 0 saturated heterocycles. The van der Waals surface area contributed by atoms with Gasteiger partial charge in [0.2, 0.25) is 0 Å². The van der Waals surface area contributed by atoms with Crippen LogP contribution in [0.15, 0.2) is 53.6 Å². The number of ether oxygens (including phenoxy) is 1. The highest BCUT2D eigenvalue weighted by Crippen LogP contribution is 2.27. The van der Waals surface area contributed by atoms with E-state index < -0.39 is 0 Å². The number of nitriles is 1. The standard InChI is InChI=1S/C19H15N5O2S/c1-12(13-2-4-16-17(10-13)27-19(25)22-16)15-6-8-24(23-15)18-5-3-14(11-21-18)26-9-7-20/h2-6,8,10-12H,9H2,1H3,(H,22,25). The number of fused-ring (bicyclic) bond motifs is 1. The highest BCUT2D eigenvalue weighted by molar-refractivity contribution is 7.16. The van der Waals surface area contributed by atoms with Gasteiger partial charge in [-0.3, -0.25) is 4.79 Å². The van der Waals surface area contributed by atoms with Gasteiger partial charge in [0.15, 0.2) is 12.4 Å². The van der Waals surface area contributed by atoms with E-state index in [0.29, 0.717) is 11.6 Å². The first-order valence-corrected chi connectivity index (χ1v) is 9.10. The van der Waals surface area contributed by atoms with Crippen LogP contribution in [-0.4, -0.2) is 26.4 Å². The van der Waals surface area contributed by atoms with Crippen LogP contribution in [0.5, 0.6) is 5.75 Å². The third kappa shape index (κ3) is 3.45. The number of aromatic amines is 1. The van der Waals surface area contributed by atoms with Gasteiger partial charge in [0.05, 0.1) is 22.1 Å². The number of H-pyrrole nitrogens is 1. The number of pyridine rings is 1. The van der Waals surface area contributed by atoms with E-state index in [4.69, 9.17) is 10.00 Å². The number of hydrogen-bond acceptors (Lipinski definition) is 6. The zero-order valence-corrected chi connectivity index (χ0v) is 15.2. The summed E-state index contributed by atoms with van der Waals surface area (Å²) in [5.41, 5.74) is 2.86. The Labute approximate surface area is 158 Å². The molecule has 4 rings (SSSR count). The first-order valence-electron chi connectivity index (χ1n) is 8.28. The van der Waals surface area contributed by atoms with Gasteiger partial charge in [0.1, 0.15) is 11.8 Å². The molecule has 1 unspecified atom stereocenters. The SMILES string of the molecule is CC(c1ccc2[nH]c(=O)sc2c1)c1ccn(-c2ccc(OCC#N)cn2)n1. The number of nitrogens with one attached hydrogen (secondary N) is 1. The Hall–Kier alpha value is -3.44. The van der Waals surface area contributed by atoms with Crippen LogP contribution in [0.3, 0.4) is 0 Å². The van der Waals surface area contributed by atoms with Crippen molar-refractivity contribution >= 4 is 21.6 Å². The molecular formula is C19H15N5O2S. The monoisotopic (exact) mass is 377 g/mol. The Bertz CT molecular complexity index is 1180. The summed E-state index contributed by atoms with van der Waals surface area (Å²) in [6.45, 7) is 2.07. The molecule has 134 valence electrons. The van der Waals surface area contributed by atoms with Gasteiger partial charge in [0, 0.05) is 12.1 Å². The largest absolute Gasteiger partial charge is 0.477 e. The van der Waals surface area contributed by atoms with Crippen LogP contribution < -0.4 is 9.61 Å². The molecule has 0 bridgehead atoms. The van der Waals surface area contributed by atoms with Crippen LogP contribution in [0.2, 0.25) is 0 Å². The smallest absolute Gasteiger partial charge is 0.305 e. The minimum Gasteiger partial charge on any atom is -0.477 e. The summed E-state index contributed by atoms with van der Waals surface area (Å²) in [6, 6.07) is 13.4. The molecule has 0 aliphatic carbocycles. The predicted molar refractivity (Wildman–Crippen MR) is 102 cm³/mol. The fourth-order valence-electron chi connectivity index (χ4n) is 2.81. The fraction of sp³-hybridized carbons (Fsp3) is 0.158. The fourth-order valence-corrected chi connectivity index (χ4v) is 3.59. The van der Waals surface area contributed by atoms with Crippen LogP contribution in [0.25, 0.3) is 16.0 Å². The lowest BCUT2D eigenvalue weighted by molar-refractivity contribution is 0.366. The average Bonchev–Trinajstić information content (AvgIpc) is 3.31. The molecule has 0 aliphatic rings. The maximum absolute atomic E-state index is 11.5. The third-order valence-corrected chi connectivity index (χ3v) is 5.10. The van der Waals surface area contributed by atoms with Gasteiger partial charge < -0.3 is 9.72 Å². The van der Waals surface area contributed by atoms with Gasteiger partial charge in [-0.2, -0.15) is 10.4 Å². The molecular weight excluding hydrogens is 362 g/mol. The molecule has 0 saturated carbocycles. The summed E-state index contributed by atoms with van der Waals surface area (Å²) in [5.74, 6) is 1.28. The van der Waals surface area contributed by atoms with E-state index in [1.165, 1.54) is 11.3 Å². The zero-order chi connectivity index (χ0) is 18.8. The van der Waals surface area contributed by atoms with Gasteiger partial charge in [-0.25, -0.2) is 9.67 Å². The van der Waals surface area contributed by atoms with E-state index >= 15 is 0 Å². The van der Waals surface area contributed by atoms with Crippen molar-refractivity contribution in [2.24, 2.45) is 0 Å². The molecule has 0 amide bonds. The predicted octanol–water partition coefficient (Wildman–Crippen LogP) is 3.22. The lowest BCUT2D eigenvalue weighted by Gasteiger charge is -2.09. The molecule has 1 aromatic carbocycles. The number of aromatic nitrogens is 4. The minimum atomic E-state index is -0.0487. The van der Waals surface area contributed by atoms with Crippen molar-refractivity contribution in [2.75, 3.05) is 6.61 Å². The number of hydrogen-bond donors (Lipinski definition) is 1. The minimum absolute atomic E-state index is 0.00929. The van der Waals surface area contributed by atoms with Crippen molar-refractivity contribution in [1.82, 2.24) is 19.7 Å². The van der Waals surface area contributed by atoms with Crippen LogP contribution >= 0.6 is 11.3 Å². The van der Waals surface area contributed by atoms with E-state index in [1.54, 1.807) is 23.0 Å². The van der Waals surface area contributed by atoms with E-state index in [2.05, 4.69) is 22.0 Å². The molecule has 4 aromatic rings. The second-order valence-corrected chi connectivity index (χ2v) is 6.99. The second kappa shape index (κ2) is 7.05. The Morgan fingerprint density at radius 2 is 2.22 bits per heavy atom. The summed E-state index contributed by atoms with van der Waals surface area (Å²) in [6.07, 6.45) is 3.43. The third-order valence-electron chi connectivity index (χ3n) is 4.26. The summed E-state index contributed by atoms with van der Waals surface area (Å²) in [7, 11) is 0. The molecule has 3 heterocycles. The van der Waals surface area contributed by atoms with Crippen LogP contribution in [-0.2, 0) is 0 Å². The molecule has 27 heavy (non-hydrogen) atoms. The average molecular weight is 377 g/mol. The van der Waals surface area contributed by atoms with Gasteiger partial charge in [0.25, 0.3) is 0 Å². The van der Waals surface area contributed by atoms with Gasteiger partial charge >= 0.3 is 4.87 Å². The highest BCUT2D eigenvalue weighted by atomic mass is 32.1. The zero-order valence-electron chi connectivity index (χ0n) is 14.4. The van der Waals surface area contributed by atoms with Crippen molar-refractivity contribution in [3.8, 4) is 17.6 Å². The Morgan fingerprint density at radius 1 is 1.33 bits per heavy atom. The Morgan fingerprint density at radius 3 is 3.00 bits per heavy atom. The normalized spacial score (nSPS) is 12.0. The number of nitrogens with zero attached hydrogens (tertiary/aromatic N) is 4. The molecule has 0 fully saturated rings. The molecule has 1 atom stereocenters. The molecule has 1 N–H and O–H groups in total. The summed E-state index contributed by atoms with van der Waals surface area (Å²) < 4.78 is 7.85. The van der Waals surface area contributed by atoms with Crippen LogP contribution in [0.4, 0.5) is 0 Å². The van der Waals surface area contributed by atoms with Crippen LogP contribution in [0.1, 0.15) is 24.1 Å². The quantitative estimate of drug-likeness (QED) is 0.576. The highest BCUT2D eigenvalue weighted by Gasteiger charge is 2.14. The van der Waals surface area contributed by atoms with E-state index in [0.717, 1.165) is 21.5 Å². The summed E-state index contributed by atoms with van der Waals surface area (Å²) in [5, 5.41) is 13.2. The molecule has 0 aliphatic heterocycles. The number of rotatable bonds is 5. The van der Waals surface area contributed by atoms with Gasteiger partial charge in [-0.15, -0.1) is 0 Å². The van der Waals surface area contributed by atoms with Crippen LogP contribution in [0, 0.1) is 11.3 Å². The maximum Gasteiger partial charge on any atom is 0.305 e. The molecule has 7 nitrogen and oxygen atoms in total. The summed E-state index contributed by atoms with van der Waals surface area (Å²) in [4.78, 5) is 18.6. The number of benzene rings is 1. The molecule has 0 spiro atoms. The molecule has 3 aromatic heterocycles. The first-order chi connectivity index (χ1) is 13.1. The Balaban J connectivity index is 1.57. The second-order valence-electron chi connectivity index (χ2n) is 5.98. The van der Waals surface area contributed by atoms with E-state index in [9.17, 15) is 4.79 Å². The molecule has 0 radical (unpaired) electrons. The van der Waals surface area contributed by atoms with E-state index in [1.807, 2.05) is 36.5 Å². The van der Waals surface area contributed by atoms with Crippen molar-refractivity contribution in [2.45, 2.75) is 12.8 Å². The lowest BCUT2D eigenvalue weighted by Crippen LogP contribution is -2.02. The van der Waals surface area contributed by atoms with Crippen molar-refractivity contribution < 1.29 is 4.74 Å². The van der Waals surface area contributed by atoms with E-state index in [-0.39, 0.29) is 17.4 Å². The summed E-state index contributed by atoms with van der Waals surface area (Å²) >= 11 is 1.21.